The number of amides is 2. The third kappa shape index (κ3) is 6.24. The Morgan fingerprint density at radius 3 is 2.49 bits per heavy atom. The Balaban J connectivity index is 1.54. The number of carbonyl (C=O) groups is 2. The first-order valence-corrected chi connectivity index (χ1v) is 11.8. The largest absolute Gasteiger partial charge is 0.497 e. The lowest BCUT2D eigenvalue weighted by molar-refractivity contribution is -0.129. The molecule has 3 aromatic rings. The van der Waals surface area contributed by atoms with E-state index in [4.69, 9.17) is 4.74 Å². The molecule has 1 fully saturated rings. The first kappa shape index (κ1) is 24.4. The van der Waals surface area contributed by atoms with Crippen molar-refractivity contribution in [2.24, 2.45) is 4.99 Å². The van der Waals surface area contributed by atoms with E-state index < -0.39 is 11.1 Å². The van der Waals surface area contributed by atoms with Crippen molar-refractivity contribution in [1.29, 1.82) is 0 Å². The van der Waals surface area contributed by atoms with Gasteiger partial charge in [0.05, 0.1) is 7.11 Å². The lowest BCUT2D eigenvalue weighted by Gasteiger charge is -2.32. The van der Waals surface area contributed by atoms with Gasteiger partial charge in [-0.3, -0.25) is 14.5 Å². The number of hydrogen-bond donors (Lipinski definition) is 1. The molecule has 35 heavy (non-hydrogen) atoms. The van der Waals surface area contributed by atoms with Gasteiger partial charge in [0.25, 0.3) is 0 Å². The monoisotopic (exact) mass is 495 g/mol. The molecule has 1 saturated heterocycles. The highest BCUT2D eigenvalue weighted by atomic mass is 32.2. The molecular formula is C26H23F2N3O3S. The fourth-order valence-corrected chi connectivity index (χ4v) is 4.61. The Kier molecular flexibility index (Phi) is 7.77. The van der Waals surface area contributed by atoms with Crippen LogP contribution < -0.4 is 10.1 Å². The fourth-order valence-electron chi connectivity index (χ4n) is 3.50. The summed E-state index contributed by atoms with van der Waals surface area (Å²) in [6.07, 6.45) is 0.415. The summed E-state index contributed by atoms with van der Waals surface area (Å²) in [7, 11) is 1.55. The van der Waals surface area contributed by atoms with Crippen LogP contribution in [0, 0.1) is 11.6 Å². The summed E-state index contributed by atoms with van der Waals surface area (Å²) in [5, 5.41) is 2.31. The van der Waals surface area contributed by atoms with E-state index in [1.165, 1.54) is 29.2 Å². The smallest absolute Gasteiger partial charge is 0.238 e. The minimum atomic E-state index is -0.739. The summed E-state index contributed by atoms with van der Waals surface area (Å²) in [5.41, 5.74) is 1.48. The van der Waals surface area contributed by atoms with Gasteiger partial charge in [-0.15, -0.1) is 0 Å². The molecule has 1 heterocycles. The van der Waals surface area contributed by atoms with Crippen molar-refractivity contribution in [1.82, 2.24) is 4.90 Å². The number of ether oxygens (including phenoxy) is 1. The molecule has 4 rings (SSSR count). The molecule has 1 aliphatic rings. The normalized spacial score (nSPS) is 16.9. The maximum absolute atomic E-state index is 14.3. The molecule has 0 spiro atoms. The zero-order valence-corrected chi connectivity index (χ0v) is 19.7. The van der Waals surface area contributed by atoms with Crippen LogP contribution >= 0.6 is 11.8 Å². The van der Waals surface area contributed by atoms with Crippen LogP contribution in [0.1, 0.15) is 12.0 Å². The molecule has 0 bridgehead atoms. The predicted octanol–water partition coefficient (Wildman–Crippen LogP) is 5.18. The molecule has 1 aliphatic heterocycles. The van der Waals surface area contributed by atoms with Gasteiger partial charge < -0.3 is 10.1 Å². The highest BCUT2D eigenvalue weighted by Gasteiger charge is 2.36. The second kappa shape index (κ2) is 11.1. The van der Waals surface area contributed by atoms with Crippen LogP contribution in [0.4, 0.5) is 20.2 Å². The van der Waals surface area contributed by atoms with E-state index in [2.05, 4.69) is 10.3 Å². The van der Waals surface area contributed by atoms with Crippen LogP contribution in [0.3, 0.4) is 0 Å². The first-order chi connectivity index (χ1) is 16.9. The molecule has 0 saturated carbocycles. The van der Waals surface area contributed by atoms with Crippen LogP contribution in [-0.4, -0.2) is 40.8 Å². The molecule has 6 nitrogen and oxygen atoms in total. The van der Waals surface area contributed by atoms with E-state index in [1.54, 1.807) is 55.6 Å². The van der Waals surface area contributed by atoms with Crippen LogP contribution in [0.2, 0.25) is 0 Å². The van der Waals surface area contributed by atoms with E-state index in [0.29, 0.717) is 17.9 Å². The number of hydrogen-bond acceptors (Lipinski definition) is 5. The van der Waals surface area contributed by atoms with Crippen molar-refractivity contribution in [2.75, 3.05) is 19.0 Å². The number of rotatable bonds is 7. The van der Waals surface area contributed by atoms with Gasteiger partial charge in [0.15, 0.2) is 5.17 Å². The number of carbonyl (C=O) groups excluding carboxylic acids is 2. The SMILES string of the molecule is COc1ccc(NC(=O)[C@H]2CC(=O)N(CCc3ccc(F)cc3)C(=Nc3ccccc3F)S2)cc1. The molecule has 0 radical (unpaired) electrons. The van der Waals surface area contributed by atoms with Gasteiger partial charge in [-0.25, -0.2) is 13.8 Å². The van der Waals surface area contributed by atoms with E-state index in [1.807, 2.05) is 0 Å². The summed E-state index contributed by atoms with van der Waals surface area (Å²) in [6.45, 7) is 0.261. The molecule has 0 aliphatic carbocycles. The third-order valence-electron chi connectivity index (χ3n) is 5.40. The summed E-state index contributed by atoms with van der Waals surface area (Å²) >= 11 is 1.11. The maximum atomic E-state index is 14.3. The number of methoxy groups -OCH3 is 1. The average molecular weight is 496 g/mol. The van der Waals surface area contributed by atoms with Crippen LogP contribution in [-0.2, 0) is 16.0 Å². The number of para-hydroxylation sites is 1. The molecule has 9 heteroatoms. The highest BCUT2D eigenvalue weighted by molar-refractivity contribution is 8.15. The van der Waals surface area contributed by atoms with Gasteiger partial charge in [-0.1, -0.05) is 36.0 Å². The van der Waals surface area contributed by atoms with Crippen molar-refractivity contribution in [3.05, 3.63) is 90.0 Å². The second-order valence-corrected chi connectivity index (χ2v) is 8.97. The lowest BCUT2D eigenvalue weighted by atomic mass is 10.1. The zero-order valence-electron chi connectivity index (χ0n) is 18.9. The number of halogens is 2. The molecule has 3 aromatic carbocycles. The average Bonchev–Trinajstić information content (AvgIpc) is 2.86. The van der Waals surface area contributed by atoms with Gasteiger partial charge in [-0.2, -0.15) is 0 Å². The molecular weight excluding hydrogens is 472 g/mol. The van der Waals surface area contributed by atoms with Gasteiger partial charge >= 0.3 is 0 Å². The summed E-state index contributed by atoms with van der Waals surface area (Å²) in [6, 6.07) is 18.8. The quantitative estimate of drug-likeness (QED) is 0.491. The third-order valence-corrected chi connectivity index (χ3v) is 6.58. The van der Waals surface area contributed by atoms with Gasteiger partial charge in [0, 0.05) is 18.7 Å². The number of aliphatic imine (C=N–C) groups is 1. The number of nitrogens with zero attached hydrogens (tertiary/aromatic N) is 2. The Labute approximate surface area is 206 Å². The minimum Gasteiger partial charge on any atom is -0.497 e. The molecule has 0 aromatic heterocycles. The number of benzene rings is 3. The number of thioether (sulfide) groups is 1. The Morgan fingerprint density at radius 2 is 1.80 bits per heavy atom. The Hall–Kier alpha value is -3.72. The maximum Gasteiger partial charge on any atom is 0.238 e. The molecule has 1 atom stereocenters. The Morgan fingerprint density at radius 1 is 1.09 bits per heavy atom. The van der Waals surface area contributed by atoms with Crippen molar-refractivity contribution < 1.29 is 23.1 Å². The molecule has 1 N–H and O–H groups in total. The number of nitrogens with one attached hydrogen (secondary N) is 1. The van der Waals surface area contributed by atoms with E-state index in [-0.39, 0.29) is 41.5 Å². The minimum absolute atomic E-state index is 0.0354. The van der Waals surface area contributed by atoms with Gasteiger partial charge in [0.2, 0.25) is 11.8 Å². The molecule has 2 amide bonds. The van der Waals surface area contributed by atoms with Crippen LogP contribution in [0.5, 0.6) is 5.75 Å². The van der Waals surface area contributed by atoms with Crippen molar-refractivity contribution in [2.45, 2.75) is 18.1 Å². The van der Waals surface area contributed by atoms with E-state index >= 15 is 0 Å². The van der Waals surface area contributed by atoms with Gasteiger partial charge in [-0.05, 0) is 60.5 Å². The molecule has 180 valence electrons. The fraction of sp³-hybridized carbons (Fsp3) is 0.192. The molecule has 0 unspecified atom stereocenters. The number of amidine groups is 1. The van der Waals surface area contributed by atoms with E-state index in [9.17, 15) is 18.4 Å². The van der Waals surface area contributed by atoms with Crippen molar-refractivity contribution >= 4 is 40.1 Å². The summed E-state index contributed by atoms with van der Waals surface area (Å²) in [4.78, 5) is 31.9. The number of anilines is 1. The van der Waals surface area contributed by atoms with E-state index in [0.717, 1.165) is 17.3 Å². The van der Waals surface area contributed by atoms with Crippen molar-refractivity contribution in [3.8, 4) is 5.75 Å². The van der Waals surface area contributed by atoms with Gasteiger partial charge in [0.1, 0.15) is 28.3 Å². The second-order valence-electron chi connectivity index (χ2n) is 7.80. The first-order valence-electron chi connectivity index (χ1n) is 10.9. The Bertz CT molecular complexity index is 1230. The standard InChI is InChI=1S/C26H23F2N3O3S/c1-34-20-12-10-19(11-13-20)29-25(33)23-16-24(32)31(15-14-17-6-8-18(27)9-7-17)26(35-23)30-22-5-3-2-4-21(22)28/h2-13,23H,14-16H2,1H3,(H,29,33)/t23-/m1/s1. The van der Waals surface area contributed by atoms with Crippen LogP contribution in [0.25, 0.3) is 0 Å². The zero-order chi connectivity index (χ0) is 24.8. The van der Waals surface area contributed by atoms with Crippen molar-refractivity contribution in [3.63, 3.8) is 0 Å². The summed E-state index contributed by atoms with van der Waals surface area (Å²) in [5.74, 6) is -0.868. The lowest BCUT2D eigenvalue weighted by Crippen LogP contribution is -2.46. The van der Waals surface area contributed by atoms with Crippen LogP contribution in [0.15, 0.2) is 77.8 Å². The topological polar surface area (TPSA) is 71.0 Å². The highest BCUT2D eigenvalue weighted by Crippen LogP contribution is 2.31. The predicted molar refractivity (Wildman–Crippen MR) is 133 cm³/mol. The summed E-state index contributed by atoms with van der Waals surface area (Å²) < 4.78 is 32.7.